The maximum Gasteiger partial charge on any atom is 0.262 e. The molecule has 2 amide bonds. The lowest BCUT2D eigenvalue weighted by atomic mass is 10.1. The van der Waals surface area contributed by atoms with Crippen molar-refractivity contribution >= 4 is 28.5 Å². The molecule has 4 heterocycles. The molecule has 9 heteroatoms. The lowest BCUT2D eigenvalue weighted by molar-refractivity contribution is -0.127. The van der Waals surface area contributed by atoms with E-state index in [1.165, 1.54) is 0 Å². The molecule has 0 radical (unpaired) electrons. The average molecular weight is 445 g/mol. The summed E-state index contributed by atoms with van der Waals surface area (Å²) in [5, 5.41) is 7.70. The van der Waals surface area contributed by atoms with Crippen LogP contribution in [0.15, 0.2) is 59.3 Å². The lowest BCUT2D eigenvalue weighted by Gasteiger charge is -2.34. The summed E-state index contributed by atoms with van der Waals surface area (Å²) in [5.41, 5.74) is 2.14. The standard InChI is InChI=1S/C24H23N5O4/c1-14(2)29-22-16(12-26-29)15(11-17(27-22)19-9-6-10-32-19)24(31)28-13-21(23(30)25-3)33-20-8-5-4-7-18(20)28/h4-12,14,21H,13H2,1-3H3,(H,25,30). The first-order chi connectivity index (χ1) is 16.0. The third-order valence-electron chi connectivity index (χ3n) is 5.62. The molecule has 1 atom stereocenters. The van der Waals surface area contributed by atoms with Gasteiger partial charge in [-0.1, -0.05) is 12.1 Å². The summed E-state index contributed by atoms with van der Waals surface area (Å²) in [4.78, 5) is 32.7. The number of hydrogen-bond donors (Lipinski definition) is 1. The van der Waals surface area contributed by atoms with Crippen LogP contribution in [0.1, 0.15) is 30.2 Å². The summed E-state index contributed by atoms with van der Waals surface area (Å²) in [5.74, 6) is 0.447. The number of hydrogen-bond acceptors (Lipinski definition) is 6. The van der Waals surface area contributed by atoms with Gasteiger partial charge in [0.2, 0.25) is 0 Å². The lowest BCUT2D eigenvalue weighted by Crippen LogP contribution is -2.50. The number of fused-ring (bicyclic) bond motifs is 2. The first-order valence-corrected chi connectivity index (χ1v) is 10.7. The number of likely N-dealkylation sites (N-methyl/N-ethyl adjacent to an activating group) is 1. The molecule has 168 valence electrons. The number of anilines is 1. The fourth-order valence-corrected chi connectivity index (χ4v) is 3.99. The van der Waals surface area contributed by atoms with E-state index >= 15 is 0 Å². The van der Waals surface area contributed by atoms with Gasteiger partial charge in [0.1, 0.15) is 11.4 Å². The molecular weight excluding hydrogens is 422 g/mol. The van der Waals surface area contributed by atoms with Gasteiger partial charge in [0.25, 0.3) is 11.8 Å². The zero-order valence-electron chi connectivity index (χ0n) is 18.5. The molecule has 5 rings (SSSR count). The Morgan fingerprint density at radius 3 is 2.73 bits per heavy atom. The minimum absolute atomic E-state index is 0.0477. The number of nitrogens with zero attached hydrogens (tertiary/aromatic N) is 4. The highest BCUT2D eigenvalue weighted by atomic mass is 16.5. The summed E-state index contributed by atoms with van der Waals surface area (Å²) < 4.78 is 13.2. The predicted octanol–water partition coefficient (Wildman–Crippen LogP) is 3.43. The van der Waals surface area contributed by atoms with E-state index in [1.54, 1.807) is 65.5 Å². The van der Waals surface area contributed by atoms with Gasteiger partial charge in [-0.2, -0.15) is 5.10 Å². The Morgan fingerprint density at radius 1 is 1.18 bits per heavy atom. The van der Waals surface area contributed by atoms with E-state index in [4.69, 9.17) is 14.1 Å². The predicted molar refractivity (Wildman–Crippen MR) is 122 cm³/mol. The number of rotatable bonds is 4. The van der Waals surface area contributed by atoms with Crippen LogP contribution in [-0.2, 0) is 4.79 Å². The maximum atomic E-state index is 14.0. The highest BCUT2D eigenvalue weighted by Gasteiger charge is 2.35. The minimum Gasteiger partial charge on any atom is -0.477 e. The Labute approximate surface area is 190 Å². The molecule has 0 spiro atoms. The molecule has 9 nitrogen and oxygen atoms in total. The molecule has 0 saturated heterocycles. The summed E-state index contributed by atoms with van der Waals surface area (Å²) in [6.45, 7) is 4.08. The van der Waals surface area contributed by atoms with Crippen LogP contribution in [0.2, 0.25) is 0 Å². The largest absolute Gasteiger partial charge is 0.477 e. The zero-order valence-corrected chi connectivity index (χ0v) is 18.5. The topological polar surface area (TPSA) is 102 Å². The van der Waals surface area contributed by atoms with Gasteiger partial charge in [-0.3, -0.25) is 9.59 Å². The molecule has 0 fully saturated rings. The van der Waals surface area contributed by atoms with Gasteiger partial charge >= 0.3 is 0 Å². The van der Waals surface area contributed by atoms with Gasteiger partial charge in [-0.15, -0.1) is 0 Å². The fourth-order valence-electron chi connectivity index (χ4n) is 3.99. The van der Waals surface area contributed by atoms with E-state index in [9.17, 15) is 9.59 Å². The van der Waals surface area contributed by atoms with Crippen molar-refractivity contribution < 1.29 is 18.7 Å². The van der Waals surface area contributed by atoms with E-state index in [1.807, 2.05) is 19.9 Å². The Hall–Kier alpha value is -4.14. The van der Waals surface area contributed by atoms with Crippen molar-refractivity contribution in [3.8, 4) is 17.2 Å². The minimum atomic E-state index is -0.825. The van der Waals surface area contributed by atoms with Crippen LogP contribution < -0.4 is 15.0 Å². The molecule has 3 aromatic heterocycles. The molecule has 1 unspecified atom stereocenters. The fraction of sp³-hybridized carbons (Fsp3) is 0.250. The molecule has 0 aliphatic carbocycles. The molecule has 33 heavy (non-hydrogen) atoms. The molecule has 0 saturated carbocycles. The van der Waals surface area contributed by atoms with Gasteiger partial charge in [-0.05, 0) is 44.2 Å². The number of aromatic nitrogens is 3. The molecular formula is C24H23N5O4. The molecule has 1 N–H and O–H groups in total. The van der Waals surface area contributed by atoms with Crippen LogP contribution in [0, 0.1) is 0 Å². The normalized spacial score (nSPS) is 15.4. The molecule has 1 aliphatic rings. The van der Waals surface area contributed by atoms with Crippen molar-refractivity contribution in [1.29, 1.82) is 0 Å². The van der Waals surface area contributed by atoms with Crippen molar-refractivity contribution in [3.05, 3.63) is 60.5 Å². The third kappa shape index (κ3) is 3.51. The van der Waals surface area contributed by atoms with Gasteiger partial charge < -0.3 is 19.4 Å². The van der Waals surface area contributed by atoms with E-state index in [-0.39, 0.29) is 24.4 Å². The molecule has 1 aliphatic heterocycles. The van der Waals surface area contributed by atoms with Crippen LogP contribution in [-0.4, -0.2) is 46.3 Å². The second kappa shape index (κ2) is 8.09. The van der Waals surface area contributed by atoms with Crippen molar-refractivity contribution in [2.24, 2.45) is 0 Å². The summed E-state index contributed by atoms with van der Waals surface area (Å²) in [7, 11) is 1.54. The zero-order chi connectivity index (χ0) is 23.1. The van der Waals surface area contributed by atoms with Crippen LogP contribution >= 0.6 is 0 Å². The van der Waals surface area contributed by atoms with Crippen molar-refractivity contribution in [2.75, 3.05) is 18.5 Å². The van der Waals surface area contributed by atoms with Gasteiger partial charge in [-0.25, -0.2) is 9.67 Å². The second-order valence-electron chi connectivity index (χ2n) is 8.06. The first kappa shape index (κ1) is 20.7. The van der Waals surface area contributed by atoms with E-state index < -0.39 is 6.10 Å². The number of carbonyl (C=O) groups excluding carboxylic acids is 2. The number of nitrogens with one attached hydrogen (secondary N) is 1. The smallest absolute Gasteiger partial charge is 0.262 e. The Kier molecular flexibility index (Phi) is 5.08. The van der Waals surface area contributed by atoms with Crippen molar-refractivity contribution in [2.45, 2.75) is 26.0 Å². The second-order valence-corrected chi connectivity index (χ2v) is 8.06. The quantitative estimate of drug-likeness (QED) is 0.516. The van der Waals surface area contributed by atoms with Crippen LogP contribution in [0.4, 0.5) is 5.69 Å². The summed E-state index contributed by atoms with van der Waals surface area (Å²) in [6.07, 6.45) is 2.40. The molecule has 4 aromatic rings. The molecule has 1 aromatic carbocycles. The average Bonchev–Trinajstić information content (AvgIpc) is 3.52. The number of benzene rings is 1. The number of furan rings is 1. The maximum absolute atomic E-state index is 14.0. The molecule has 0 bridgehead atoms. The van der Waals surface area contributed by atoms with Crippen molar-refractivity contribution in [3.63, 3.8) is 0 Å². The summed E-state index contributed by atoms with van der Waals surface area (Å²) >= 11 is 0. The third-order valence-corrected chi connectivity index (χ3v) is 5.62. The van der Waals surface area contributed by atoms with Gasteiger partial charge in [0.05, 0.1) is 35.6 Å². The monoisotopic (exact) mass is 445 g/mol. The van der Waals surface area contributed by atoms with Gasteiger partial charge in [0, 0.05) is 13.1 Å². The number of ether oxygens (including phenoxy) is 1. The number of carbonyl (C=O) groups is 2. The SMILES string of the molecule is CNC(=O)C1CN(C(=O)c2cc(-c3ccco3)nc3c2cnn3C(C)C)c2ccccc2O1. The first-order valence-electron chi connectivity index (χ1n) is 10.7. The number of para-hydroxylation sites is 2. The Bertz CT molecular complexity index is 1340. The highest BCUT2D eigenvalue weighted by molar-refractivity contribution is 6.14. The Morgan fingerprint density at radius 2 is 2.00 bits per heavy atom. The van der Waals surface area contributed by atoms with Crippen LogP contribution in [0.25, 0.3) is 22.5 Å². The van der Waals surface area contributed by atoms with Crippen molar-refractivity contribution in [1.82, 2.24) is 20.1 Å². The number of pyridine rings is 1. The highest BCUT2D eigenvalue weighted by Crippen LogP contribution is 2.36. The Balaban J connectivity index is 1.67. The van der Waals surface area contributed by atoms with Crippen LogP contribution in [0.5, 0.6) is 5.75 Å². The van der Waals surface area contributed by atoms with Gasteiger partial charge in [0.15, 0.2) is 17.5 Å². The van der Waals surface area contributed by atoms with E-state index in [0.717, 1.165) is 0 Å². The van der Waals surface area contributed by atoms with E-state index in [2.05, 4.69) is 10.4 Å². The van der Waals surface area contributed by atoms with E-state index in [0.29, 0.717) is 39.5 Å². The summed E-state index contributed by atoms with van der Waals surface area (Å²) in [6, 6.07) is 12.5. The van der Waals surface area contributed by atoms with Crippen LogP contribution in [0.3, 0.4) is 0 Å². The number of amides is 2.